The molecule has 0 bridgehead atoms. The molecule has 0 saturated heterocycles. The molecule has 1 aromatic rings. The second kappa shape index (κ2) is 5.60. The zero-order chi connectivity index (χ0) is 8.97. The third-order valence-corrected chi connectivity index (χ3v) is 1.60. The highest BCUT2D eigenvalue weighted by Gasteiger charge is 1.95. The molecule has 0 saturated carbocycles. The van der Waals surface area contributed by atoms with Gasteiger partial charge in [0, 0.05) is 0 Å². The van der Waals surface area contributed by atoms with E-state index in [1.165, 1.54) is 5.56 Å². The van der Waals surface area contributed by atoms with Gasteiger partial charge >= 0.3 is 0 Å². The lowest BCUT2D eigenvalue weighted by Gasteiger charge is -2.08. The summed E-state index contributed by atoms with van der Waals surface area (Å²) in [6.07, 6.45) is 0. The molecule has 1 rings (SSSR count). The van der Waals surface area contributed by atoms with Crippen molar-refractivity contribution in [3.8, 4) is 5.75 Å². The molecule has 2 nitrogen and oxygen atoms in total. The van der Waals surface area contributed by atoms with Gasteiger partial charge in [0.2, 0.25) is 0 Å². The summed E-state index contributed by atoms with van der Waals surface area (Å²) in [5.41, 5.74) is 1.27. The van der Waals surface area contributed by atoms with Crippen LogP contribution in [0.5, 0.6) is 5.75 Å². The van der Waals surface area contributed by atoms with Crippen LogP contribution in [-0.4, -0.2) is 6.61 Å². The van der Waals surface area contributed by atoms with Crippen LogP contribution in [0.25, 0.3) is 0 Å². The molecular formula is C11H19NO. The first-order valence-corrected chi connectivity index (χ1v) is 4.38. The SMILES string of the molecule is Cc1ccc(OCC(C)C)cc1.N. The topological polar surface area (TPSA) is 44.2 Å². The van der Waals surface area contributed by atoms with Crippen molar-refractivity contribution >= 4 is 0 Å². The van der Waals surface area contributed by atoms with Crippen molar-refractivity contribution in [2.24, 2.45) is 5.92 Å². The lowest BCUT2D eigenvalue weighted by atomic mass is 10.2. The van der Waals surface area contributed by atoms with E-state index in [2.05, 4.69) is 32.9 Å². The van der Waals surface area contributed by atoms with Gasteiger partial charge in [-0.2, -0.15) is 0 Å². The molecular weight excluding hydrogens is 162 g/mol. The van der Waals surface area contributed by atoms with Gasteiger partial charge in [0.1, 0.15) is 5.75 Å². The summed E-state index contributed by atoms with van der Waals surface area (Å²) in [4.78, 5) is 0. The third-order valence-electron chi connectivity index (χ3n) is 1.60. The average molecular weight is 181 g/mol. The predicted octanol–water partition coefficient (Wildman–Crippen LogP) is 3.19. The second-order valence-electron chi connectivity index (χ2n) is 3.52. The normalized spacial score (nSPS) is 9.54. The van der Waals surface area contributed by atoms with Crippen molar-refractivity contribution in [2.75, 3.05) is 6.61 Å². The van der Waals surface area contributed by atoms with Crippen LogP contribution in [0, 0.1) is 12.8 Å². The van der Waals surface area contributed by atoms with Crippen molar-refractivity contribution in [1.82, 2.24) is 6.15 Å². The van der Waals surface area contributed by atoms with Crippen LogP contribution < -0.4 is 10.9 Å². The Kier molecular flexibility index (Phi) is 5.16. The number of aryl methyl sites for hydroxylation is 1. The van der Waals surface area contributed by atoms with Crippen molar-refractivity contribution in [2.45, 2.75) is 20.8 Å². The number of ether oxygens (including phenoxy) is 1. The molecule has 0 unspecified atom stereocenters. The van der Waals surface area contributed by atoms with E-state index < -0.39 is 0 Å². The van der Waals surface area contributed by atoms with Crippen molar-refractivity contribution < 1.29 is 4.74 Å². The molecule has 1 aromatic carbocycles. The largest absolute Gasteiger partial charge is 0.493 e. The first kappa shape index (κ1) is 12.0. The van der Waals surface area contributed by atoms with Gasteiger partial charge in [0.15, 0.2) is 0 Å². The summed E-state index contributed by atoms with van der Waals surface area (Å²) >= 11 is 0. The highest BCUT2D eigenvalue weighted by atomic mass is 16.5. The van der Waals surface area contributed by atoms with Crippen LogP contribution >= 0.6 is 0 Å². The van der Waals surface area contributed by atoms with Crippen LogP contribution in [0.3, 0.4) is 0 Å². The minimum atomic E-state index is 0. The molecule has 0 amide bonds. The van der Waals surface area contributed by atoms with Gasteiger partial charge in [-0.25, -0.2) is 0 Å². The molecule has 0 aliphatic carbocycles. The lowest BCUT2D eigenvalue weighted by molar-refractivity contribution is 0.271. The van der Waals surface area contributed by atoms with Gasteiger partial charge in [-0.1, -0.05) is 31.5 Å². The molecule has 0 aliphatic rings. The molecule has 13 heavy (non-hydrogen) atoms. The maximum atomic E-state index is 5.52. The Bertz CT molecular complexity index is 228. The molecule has 74 valence electrons. The van der Waals surface area contributed by atoms with E-state index in [1.54, 1.807) is 0 Å². The van der Waals surface area contributed by atoms with Crippen molar-refractivity contribution in [3.05, 3.63) is 29.8 Å². The Morgan fingerprint density at radius 3 is 2.15 bits per heavy atom. The smallest absolute Gasteiger partial charge is 0.119 e. The van der Waals surface area contributed by atoms with E-state index in [-0.39, 0.29) is 6.15 Å². The minimum Gasteiger partial charge on any atom is -0.493 e. The maximum absolute atomic E-state index is 5.52. The number of rotatable bonds is 3. The molecule has 0 aromatic heterocycles. The maximum Gasteiger partial charge on any atom is 0.119 e. The summed E-state index contributed by atoms with van der Waals surface area (Å²) in [7, 11) is 0. The van der Waals surface area contributed by atoms with E-state index in [0.717, 1.165) is 12.4 Å². The first-order valence-electron chi connectivity index (χ1n) is 4.38. The van der Waals surface area contributed by atoms with Crippen molar-refractivity contribution in [1.29, 1.82) is 0 Å². The molecule has 0 fully saturated rings. The Balaban J connectivity index is 0.00000144. The van der Waals surface area contributed by atoms with Crippen LogP contribution in [-0.2, 0) is 0 Å². The zero-order valence-electron chi connectivity index (χ0n) is 8.71. The van der Waals surface area contributed by atoms with Gasteiger partial charge in [0.05, 0.1) is 6.61 Å². The zero-order valence-corrected chi connectivity index (χ0v) is 8.71. The summed E-state index contributed by atoms with van der Waals surface area (Å²) in [6, 6.07) is 8.15. The molecule has 0 aliphatic heterocycles. The molecule has 0 radical (unpaired) electrons. The van der Waals surface area contributed by atoms with Gasteiger partial charge in [-0.15, -0.1) is 0 Å². The quantitative estimate of drug-likeness (QED) is 0.778. The Labute approximate surface area is 80.5 Å². The van der Waals surface area contributed by atoms with Crippen LogP contribution in [0.4, 0.5) is 0 Å². The fourth-order valence-electron chi connectivity index (χ4n) is 0.897. The molecule has 0 spiro atoms. The van der Waals surface area contributed by atoms with E-state index in [1.807, 2.05) is 12.1 Å². The van der Waals surface area contributed by atoms with Gasteiger partial charge in [-0.05, 0) is 25.0 Å². The molecule has 3 N–H and O–H groups in total. The van der Waals surface area contributed by atoms with E-state index in [9.17, 15) is 0 Å². The van der Waals surface area contributed by atoms with Crippen LogP contribution in [0.15, 0.2) is 24.3 Å². The first-order chi connectivity index (χ1) is 5.68. The highest BCUT2D eigenvalue weighted by Crippen LogP contribution is 2.12. The van der Waals surface area contributed by atoms with E-state index >= 15 is 0 Å². The molecule has 0 heterocycles. The summed E-state index contributed by atoms with van der Waals surface area (Å²) in [6.45, 7) is 7.16. The predicted molar refractivity (Wildman–Crippen MR) is 56.5 cm³/mol. The Hall–Kier alpha value is -1.02. The summed E-state index contributed by atoms with van der Waals surface area (Å²) < 4.78 is 5.52. The Morgan fingerprint density at radius 1 is 1.15 bits per heavy atom. The fourth-order valence-corrected chi connectivity index (χ4v) is 0.897. The van der Waals surface area contributed by atoms with Crippen molar-refractivity contribution in [3.63, 3.8) is 0 Å². The Morgan fingerprint density at radius 2 is 1.69 bits per heavy atom. The lowest BCUT2D eigenvalue weighted by Crippen LogP contribution is -2.04. The summed E-state index contributed by atoms with van der Waals surface area (Å²) in [5.74, 6) is 1.56. The van der Waals surface area contributed by atoms with Crippen LogP contribution in [0.1, 0.15) is 19.4 Å². The number of hydrogen-bond donors (Lipinski definition) is 1. The number of benzene rings is 1. The van der Waals surface area contributed by atoms with E-state index in [0.29, 0.717) is 5.92 Å². The fraction of sp³-hybridized carbons (Fsp3) is 0.455. The van der Waals surface area contributed by atoms with Gasteiger partial charge < -0.3 is 10.9 Å². The monoisotopic (exact) mass is 181 g/mol. The molecule has 0 atom stereocenters. The van der Waals surface area contributed by atoms with E-state index in [4.69, 9.17) is 4.74 Å². The standard InChI is InChI=1S/C11H16O.H3N/c1-9(2)8-12-11-6-4-10(3)5-7-11;/h4-7,9H,8H2,1-3H3;1H3. The van der Waals surface area contributed by atoms with Gasteiger partial charge in [0.25, 0.3) is 0 Å². The van der Waals surface area contributed by atoms with Crippen LogP contribution in [0.2, 0.25) is 0 Å². The summed E-state index contributed by atoms with van der Waals surface area (Å²) in [5, 5.41) is 0. The average Bonchev–Trinajstić information content (AvgIpc) is 2.03. The highest BCUT2D eigenvalue weighted by molar-refractivity contribution is 5.26. The van der Waals surface area contributed by atoms with Gasteiger partial charge in [-0.3, -0.25) is 0 Å². The third kappa shape index (κ3) is 4.53. The minimum absolute atomic E-state index is 0. The number of hydrogen-bond acceptors (Lipinski definition) is 2. The second-order valence-corrected chi connectivity index (χ2v) is 3.52. The molecule has 2 heteroatoms.